The summed E-state index contributed by atoms with van der Waals surface area (Å²) in [5.74, 6) is 0.0304. The standard InChI is InChI=1S/C12H11ClFN/c1-7(2)10-5-8-3-4-9(14)6-11(8)15-12(10)13/h3-7H,1-2H3. The molecule has 0 unspecified atom stereocenters. The van der Waals surface area contributed by atoms with Crippen molar-refractivity contribution in [2.45, 2.75) is 19.8 Å². The van der Waals surface area contributed by atoms with Gasteiger partial charge in [-0.25, -0.2) is 9.37 Å². The molecule has 1 aromatic carbocycles. The molecule has 3 heteroatoms. The summed E-state index contributed by atoms with van der Waals surface area (Å²) < 4.78 is 12.9. The SMILES string of the molecule is CC(C)c1cc2ccc(F)cc2nc1Cl. The number of nitrogens with zero attached hydrogens (tertiary/aromatic N) is 1. The van der Waals surface area contributed by atoms with E-state index in [1.54, 1.807) is 6.07 Å². The summed E-state index contributed by atoms with van der Waals surface area (Å²) in [4.78, 5) is 4.18. The molecule has 0 saturated heterocycles. The Balaban J connectivity index is 2.71. The lowest BCUT2D eigenvalue weighted by Gasteiger charge is -2.08. The molecule has 0 fully saturated rings. The normalized spacial score (nSPS) is 11.3. The summed E-state index contributed by atoms with van der Waals surface area (Å²) in [6.45, 7) is 4.11. The van der Waals surface area contributed by atoms with Gasteiger partial charge in [0.05, 0.1) is 5.52 Å². The highest BCUT2D eigenvalue weighted by molar-refractivity contribution is 6.30. The zero-order valence-corrected chi connectivity index (χ0v) is 9.35. The molecule has 0 bridgehead atoms. The predicted molar refractivity (Wildman–Crippen MR) is 60.8 cm³/mol. The van der Waals surface area contributed by atoms with Crippen molar-refractivity contribution >= 4 is 22.5 Å². The lowest BCUT2D eigenvalue weighted by Crippen LogP contribution is -1.92. The number of aromatic nitrogens is 1. The molecule has 1 heterocycles. The van der Waals surface area contributed by atoms with Gasteiger partial charge in [0.2, 0.25) is 0 Å². The van der Waals surface area contributed by atoms with Crippen LogP contribution >= 0.6 is 11.6 Å². The second kappa shape index (κ2) is 3.78. The van der Waals surface area contributed by atoms with Crippen LogP contribution in [0.5, 0.6) is 0 Å². The monoisotopic (exact) mass is 223 g/mol. The highest BCUT2D eigenvalue weighted by Gasteiger charge is 2.08. The van der Waals surface area contributed by atoms with Gasteiger partial charge in [-0.1, -0.05) is 25.4 Å². The maximum absolute atomic E-state index is 12.9. The average Bonchev–Trinajstić information content (AvgIpc) is 2.15. The van der Waals surface area contributed by atoms with Crippen molar-refractivity contribution in [1.82, 2.24) is 4.98 Å². The van der Waals surface area contributed by atoms with Crippen molar-refractivity contribution in [3.63, 3.8) is 0 Å². The van der Waals surface area contributed by atoms with E-state index in [9.17, 15) is 4.39 Å². The molecule has 78 valence electrons. The van der Waals surface area contributed by atoms with E-state index in [1.807, 2.05) is 6.07 Å². The van der Waals surface area contributed by atoms with Crippen molar-refractivity contribution in [2.24, 2.45) is 0 Å². The molecule has 2 rings (SSSR count). The molecule has 0 saturated carbocycles. The molecule has 0 aliphatic heterocycles. The molecule has 0 radical (unpaired) electrons. The zero-order chi connectivity index (χ0) is 11.0. The molecule has 0 aliphatic rings. The van der Waals surface area contributed by atoms with Gasteiger partial charge in [0.1, 0.15) is 11.0 Å². The topological polar surface area (TPSA) is 12.9 Å². The van der Waals surface area contributed by atoms with Gasteiger partial charge < -0.3 is 0 Å². The summed E-state index contributed by atoms with van der Waals surface area (Å²) in [5, 5.41) is 1.38. The van der Waals surface area contributed by atoms with Crippen LogP contribution < -0.4 is 0 Å². The fraction of sp³-hybridized carbons (Fsp3) is 0.250. The Hall–Kier alpha value is -1.15. The fourth-order valence-electron chi connectivity index (χ4n) is 1.54. The summed E-state index contributed by atoms with van der Waals surface area (Å²) in [5.41, 5.74) is 1.60. The Morgan fingerprint density at radius 1 is 1.27 bits per heavy atom. The Morgan fingerprint density at radius 3 is 2.67 bits per heavy atom. The van der Waals surface area contributed by atoms with Crippen LogP contribution in [0.1, 0.15) is 25.3 Å². The van der Waals surface area contributed by atoms with E-state index >= 15 is 0 Å². The quantitative estimate of drug-likeness (QED) is 0.662. The maximum atomic E-state index is 12.9. The van der Waals surface area contributed by atoms with Crippen LogP contribution in [0, 0.1) is 5.82 Å². The maximum Gasteiger partial charge on any atom is 0.133 e. The minimum Gasteiger partial charge on any atom is -0.236 e. The summed E-state index contributed by atoms with van der Waals surface area (Å²) in [6, 6.07) is 6.52. The van der Waals surface area contributed by atoms with Gasteiger partial charge >= 0.3 is 0 Å². The third-order valence-electron chi connectivity index (χ3n) is 2.38. The van der Waals surface area contributed by atoms with E-state index in [0.29, 0.717) is 16.6 Å². The van der Waals surface area contributed by atoms with Gasteiger partial charge in [0.25, 0.3) is 0 Å². The summed E-state index contributed by atoms with van der Waals surface area (Å²) in [7, 11) is 0. The molecule has 0 N–H and O–H groups in total. The van der Waals surface area contributed by atoms with Gasteiger partial charge in [-0.15, -0.1) is 0 Å². The third kappa shape index (κ3) is 1.95. The molecule has 0 aliphatic carbocycles. The second-order valence-corrected chi connectivity index (χ2v) is 4.22. The van der Waals surface area contributed by atoms with Gasteiger partial charge in [0, 0.05) is 11.5 Å². The first-order valence-corrected chi connectivity index (χ1v) is 5.21. The van der Waals surface area contributed by atoms with Crippen molar-refractivity contribution in [1.29, 1.82) is 0 Å². The van der Waals surface area contributed by atoms with E-state index in [0.717, 1.165) is 10.9 Å². The lowest BCUT2D eigenvalue weighted by atomic mass is 10.0. The van der Waals surface area contributed by atoms with Crippen LogP contribution in [-0.2, 0) is 0 Å². The highest BCUT2D eigenvalue weighted by Crippen LogP contribution is 2.26. The van der Waals surface area contributed by atoms with Crippen LogP contribution in [0.2, 0.25) is 5.15 Å². The van der Waals surface area contributed by atoms with E-state index in [4.69, 9.17) is 11.6 Å². The fourth-order valence-corrected chi connectivity index (χ4v) is 1.90. The zero-order valence-electron chi connectivity index (χ0n) is 8.59. The molecular formula is C12H11ClFN. The molecular weight excluding hydrogens is 213 g/mol. The van der Waals surface area contributed by atoms with Crippen LogP contribution in [-0.4, -0.2) is 4.98 Å². The van der Waals surface area contributed by atoms with Gasteiger partial charge in [-0.2, -0.15) is 0 Å². The largest absolute Gasteiger partial charge is 0.236 e. The van der Waals surface area contributed by atoms with Crippen molar-refractivity contribution in [3.05, 3.63) is 40.8 Å². The van der Waals surface area contributed by atoms with Crippen molar-refractivity contribution < 1.29 is 4.39 Å². The van der Waals surface area contributed by atoms with E-state index in [1.165, 1.54) is 12.1 Å². The molecule has 0 amide bonds. The average molecular weight is 224 g/mol. The molecule has 1 aromatic heterocycles. The Labute approximate surface area is 92.9 Å². The van der Waals surface area contributed by atoms with Gasteiger partial charge in [-0.05, 0) is 29.7 Å². The first kappa shape index (κ1) is 10.4. The second-order valence-electron chi connectivity index (χ2n) is 3.86. The molecule has 1 nitrogen and oxygen atoms in total. The summed E-state index contributed by atoms with van der Waals surface area (Å²) >= 11 is 6.02. The summed E-state index contributed by atoms with van der Waals surface area (Å²) in [6.07, 6.45) is 0. The molecule has 0 atom stereocenters. The molecule has 15 heavy (non-hydrogen) atoms. The Morgan fingerprint density at radius 2 is 2.00 bits per heavy atom. The smallest absolute Gasteiger partial charge is 0.133 e. The Kier molecular flexibility index (Phi) is 2.61. The van der Waals surface area contributed by atoms with E-state index < -0.39 is 0 Å². The molecule has 0 spiro atoms. The van der Waals surface area contributed by atoms with Crippen LogP contribution in [0.25, 0.3) is 10.9 Å². The van der Waals surface area contributed by atoms with Gasteiger partial charge in [-0.3, -0.25) is 0 Å². The number of hydrogen-bond acceptors (Lipinski definition) is 1. The number of hydrogen-bond donors (Lipinski definition) is 0. The van der Waals surface area contributed by atoms with E-state index in [-0.39, 0.29) is 5.82 Å². The van der Waals surface area contributed by atoms with Crippen molar-refractivity contribution in [2.75, 3.05) is 0 Å². The van der Waals surface area contributed by atoms with Crippen LogP contribution in [0.3, 0.4) is 0 Å². The number of rotatable bonds is 1. The minimum atomic E-state index is -0.289. The predicted octanol–water partition coefficient (Wildman–Crippen LogP) is 4.15. The number of halogens is 2. The van der Waals surface area contributed by atoms with Crippen molar-refractivity contribution in [3.8, 4) is 0 Å². The first-order valence-electron chi connectivity index (χ1n) is 4.83. The number of benzene rings is 1. The number of fused-ring (bicyclic) bond motifs is 1. The first-order chi connectivity index (χ1) is 7.08. The van der Waals surface area contributed by atoms with E-state index in [2.05, 4.69) is 18.8 Å². The third-order valence-corrected chi connectivity index (χ3v) is 2.69. The van der Waals surface area contributed by atoms with Crippen LogP contribution in [0.15, 0.2) is 24.3 Å². The highest BCUT2D eigenvalue weighted by atomic mass is 35.5. The van der Waals surface area contributed by atoms with Gasteiger partial charge in [0.15, 0.2) is 0 Å². The Bertz CT molecular complexity index is 508. The minimum absolute atomic E-state index is 0.289. The molecule has 2 aromatic rings. The lowest BCUT2D eigenvalue weighted by molar-refractivity contribution is 0.629. The van der Waals surface area contributed by atoms with Crippen LogP contribution in [0.4, 0.5) is 4.39 Å². The number of pyridine rings is 1.